The van der Waals surface area contributed by atoms with E-state index in [0.29, 0.717) is 31.4 Å². The van der Waals surface area contributed by atoms with Crippen LogP contribution in [0.3, 0.4) is 0 Å². The molecule has 29 heavy (non-hydrogen) atoms. The summed E-state index contributed by atoms with van der Waals surface area (Å²) in [6.07, 6.45) is 3.12. The molecular weight excluding hydrogens is 366 g/mol. The Bertz CT molecular complexity index is 1110. The highest BCUT2D eigenvalue weighted by Gasteiger charge is 2.27. The van der Waals surface area contributed by atoms with E-state index >= 15 is 0 Å². The molecule has 3 aromatic rings. The number of fused-ring (bicyclic) bond motifs is 2. The van der Waals surface area contributed by atoms with Crippen molar-refractivity contribution in [1.29, 1.82) is 0 Å². The summed E-state index contributed by atoms with van der Waals surface area (Å²) in [4.78, 5) is 19.8. The van der Waals surface area contributed by atoms with E-state index in [0.717, 1.165) is 48.7 Å². The number of rotatable bonds is 3. The molecule has 1 fully saturated rings. The Labute approximate surface area is 169 Å². The second kappa shape index (κ2) is 7.52. The van der Waals surface area contributed by atoms with Crippen molar-refractivity contribution in [2.24, 2.45) is 0 Å². The maximum Gasteiger partial charge on any atom is 0.258 e. The standard InChI is InChI=1S/C23H25N3O3/c1-16-5-2-7-22-24-18(14-23(27)26(16)22)15-25-10-3-6-19(25)17-8-9-20-21(13-17)29-12-4-11-28-20/h2,5,7-9,13-14,19H,3-4,6,10-12,15H2,1H3/t19-/m0/s1. The Morgan fingerprint density at radius 3 is 2.83 bits per heavy atom. The molecule has 6 nitrogen and oxygen atoms in total. The Balaban J connectivity index is 1.43. The number of hydrogen-bond acceptors (Lipinski definition) is 5. The van der Waals surface area contributed by atoms with Gasteiger partial charge in [0.2, 0.25) is 0 Å². The van der Waals surface area contributed by atoms with E-state index in [1.807, 2.05) is 31.2 Å². The minimum atomic E-state index is -0.0190. The summed E-state index contributed by atoms with van der Waals surface area (Å²) in [5, 5.41) is 0. The molecule has 1 saturated heterocycles. The highest BCUT2D eigenvalue weighted by Crippen LogP contribution is 2.38. The smallest absolute Gasteiger partial charge is 0.258 e. The molecule has 0 aliphatic carbocycles. The molecule has 2 aliphatic heterocycles. The SMILES string of the molecule is Cc1cccc2nc(CN3CCC[C@H]3c3ccc4c(c3)OCCCO4)cc(=O)n12. The maximum absolute atomic E-state index is 12.6. The number of likely N-dealkylation sites (tertiary alicyclic amines) is 1. The quantitative estimate of drug-likeness (QED) is 0.684. The van der Waals surface area contributed by atoms with Gasteiger partial charge in [0.25, 0.3) is 5.56 Å². The van der Waals surface area contributed by atoms with Gasteiger partial charge in [-0.3, -0.25) is 14.1 Å². The lowest BCUT2D eigenvalue weighted by atomic mass is 10.0. The van der Waals surface area contributed by atoms with Crippen LogP contribution in [0.5, 0.6) is 11.5 Å². The van der Waals surface area contributed by atoms with Crippen LogP contribution < -0.4 is 15.0 Å². The Morgan fingerprint density at radius 1 is 1.07 bits per heavy atom. The molecule has 0 bridgehead atoms. The van der Waals surface area contributed by atoms with Crippen molar-refractivity contribution in [3.8, 4) is 11.5 Å². The molecule has 5 rings (SSSR count). The third-order valence-electron chi connectivity index (χ3n) is 5.82. The predicted molar refractivity (Wildman–Crippen MR) is 111 cm³/mol. The molecule has 0 radical (unpaired) electrons. The molecule has 0 saturated carbocycles. The zero-order valence-electron chi connectivity index (χ0n) is 16.6. The van der Waals surface area contributed by atoms with Crippen LogP contribution >= 0.6 is 0 Å². The molecular formula is C23H25N3O3. The average Bonchev–Trinajstić information content (AvgIpc) is 3.03. The van der Waals surface area contributed by atoms with E-state index in [9.17, 15) is 4.79 Å². The van der Waals surface area contributed by atoms with E-state index in [2.05, 4.69) is 17.0 Å². The first-order valence-electron chi connectivity index (χ1n) is 10.3. The number of benzene rings is 1. The molecule has 4 heterocycles. The van der Waals surface area contributed by atoms with Crippen molar-refractivity contribution < 1.29 is 9.47 Å². The first-order valence-corrected chi connectivity index (χ1v) is 10.3. The molecule has 2 aliphatic rings. The molecule has 1 atom stereocenters. The summed E-state index contributed by atoms with van der Waals surface area (Å²) in [6.45, 7) is 4.98. The van der Waals surface area contributed by atoms with Gasteiger partial charge in [0.1, 0.15) is 5.65 Å². The highest BCUT2D eigenvalue weighted by atomic mass is 16.5. The third-order valence-corrected chi connectivity index (χ3v) is 5.82. The van der Waals surface area contributed by atoms with Gasteiger partial charge in [-0.05, 0) is 56.1 Å². The molecule has 6 heteroatoms. The summed E-state index contributed by atoms with van der Waals surface area (Å²) >= 11 is 0. The maximum atomic E-state index is 12.6. The van der Waals surface area contributed by atoms with Crippen molar-refractivity contribution in [2.45, 2.75) is 38.8 Å². The normalized spacial score (nSPS) is 19.4. The Kier molecular flexibility index (Phi) is 4.72. The van der Waals surface area contributed by atoms with Gasteiger partial charge in [-0.2, -0.15) is 0 Å². The summed E-state index contributed by atoms with van der Waals surface area (Å²) in [5.74, 6) is 1.67. The second-order valence-electron chi connectivity index (χ2n) is 7.83. The van der Waals surface area contributed by atoms with Gasteiger partial charge in [-0.15, -0.1) is 0 Å². The summed E-state index contributed by atoms with van der Waals surface area (Å²) in [5.41, 5.74) is 3.65. The number of aromatic nitrogens is 2. The predicted octanol–water partition coefficient (Wildman–Crippen LogP) is 3.50. The van der Waals surface area contributed by atoms with E-state index in [4.69, 9.17) is 14.5 Å². The lowest BCUT2D eigenvalue weighted by Gasteiger charge is -2.25. The molecule has 0 unspecified atom stereocenters. The lowest BCUT2D eigenvalue weighted by Crippen LogP contribution is -2.25. The van der Waals surface area contributed by atoms with Crippen molar-refractivity contribution >= 4 is 5.65 Å². The number of pyridine rings is 1. The fraction of sp³-hybridized carbons (Fsp3) is 0.391. The van der Waals surface area contributed by atoms with Gasteiger partial charge in [-0.25, -0.2) is 4.98 Å². The van der Waals surface area contributed by atoms with Crippen LogP contribution in [0.4, 0.5) is 0 Å². The second-order valence-corrected chi connectivity index (χ2v) is 7.83. The fourth-order valence-corrected chi connectivity index (χ4v) is 4.43. The van der Waals surface area contributed by atoms with Crippen LogP contribution in [0.15, 0.2) is 47.3 Å². The summed E-state index contributed by atoms with van der Waals surface area (Å²) in [6, 6.07) is 14.0. The van der Waals surface area contributed by atoms with Crippen LogP contribution in [0.25, 0.3) is 5.65 Å². The summed E-state index contributed by atoms with van der Waals surface area (Å²) in [7, 11) is 0. The van der Waals surface area contributed by atoms with Gasteiger partial charge in [0.05, 0.1) is 18.9 Å². The number of aryl methyl sites for hydroxylation is 1. The summed E-state index contributed by atoms with van der Waals surface area (Å²) < 4.78 is 13.3. The van der Waals surface area contributed by atoms with E-state index in [-0.39, 0.29) is 5.56 Å². The number of ether oxygens (including phenoxy) is 2. The minimum absolute atomic E-state index is 0.0190. The van der Waals surface area contributed by atoms with Crippen molar-refractivity contribution in [1.82, 2.24) is 14.3 Å². The van der Waals surface area contributed by atoms with Crippen molar-refractivity contribution in [3.63, 3.8) is 0 Å². The zero-order valence-corrected chi connectivity index (χ0v) is 16.6. The monoisotopic (exact) mass is 391 g/mol. The molecule has 1 aromatic carbocycles. The third kappa shape index (κ3) is 3.49. The van der Waals surface area contributed by atoms with Crippen molar-refractivity contribution in [2.75, 3.05) is 19.8 Å². The van der Waals surface area contributed by atoms with Gasteiger partial charge in [0, 0.05) is 30.8 Å². The molecule has 150 valence electrons. The average molecular weight is 391 g/mol. The Morgan fingerprint density at radius 2 is 1.93 bits per heavy atom. The van der Waals surface area contributed by atoms with E-state index in [1.54, 1.807) is 10.5 Å². The van der Waals surface area contributed by atoms with Gasteiger partial charge >= 0.3 is 0 Å². The largest absolute Gasteiger partial charge is 0.490 e. The topological polar surface area (TPSA) is 56.1 Å². The van der Waals surface area contributed by atoms with Crippen molar-refractivity contribution in [3.05, 3.63) is 69.8 Å². The fourth-order valence-electron chi connectivity index (χ4n) is 4.43. The van der Waals surface area contributed by atoms with E-state index in [1.165, 1.54) is 5.56 Å². The van der Waals surface area contributed by atoms with Crippen LogP contribution in [0.2, 0.25) is 0 Å². The van der Waals surface area contributed by atoms with Gasteiger partial charge in [0.15, 0.2) is 11.5 Å². The first kappa shape index (κ1) is 18.2. The molecule has 0 N–H and O–H groups in total. The first-order chi connectivity index (χ1) is 14.2. The van der Waals surface area contributed by atoms with Crippen LogP contribution in [-0.2, 0) is 6.54 Å². The minimum Gasteiger partial charge on any atom is -0.490 e. The van der Waals surface area contributed by atoms with Crippen LogP contribution in [0.1, 0.15) is 42.3 Å². The molecule has 0 amide bonds. The highest BCUT2D eigenvalue weighted by molar-refractivity contribution is 5.44. The number of hydrogen-bond donors (Lipinski definition) is 0. The number of nitrogens with zero attached hydrogens (tertiary/aromatic N) is 3. The lowest BCUT2D eigenvalue weighted by molar-refractivity contribution is 0.244. The molecule has 2 aromatic heterocycles. The zero-order chi connectivity index (χ0) is 19.8. The van der Waals surface area contributed by atoms with Gasteiger partial charge < -0.3 is 9.47 Å². The van der Waals surface area contributed by atoms with Crippen LogP contribution in [-0.4, -0.2) is 34.0 Å². The molecule has 0 spiro atoms. The Hall–Kier alpha value is -2.86. The van der Waals surface area contributed by atoms with Crippen LogP contribution in [0, 0.1) is 6.92 Å². The van der Waals surface area contributed by atoms with E-state index < -0.39 is 0 Å². The van der Waals surface area contributed by atoms with Gasteiger partial charge in [-0.1, -0.05) is 12.1 Å².